The minimum Gasteiger partial charge on any atom is -0.313 e. The Morgan fingerprint density at radius 3 is 2.25 bits per heavy atom. The molecule has 0 aliphatic heterocycles. The highest BCUT2D eigenvalue weighted by molar-refractivity contribution is 7.26. The summed E-state index contributed by atoms with van der Waals surface area (Å²) in [6.07, 6.45) is 13.7. The highest BCUT2D eigenvalue weighted by Crippen LogP contribution is 2.54. The molecule has 0 bridgehead atoms. The molecule has 0 saturated heterocycles. The van der Waals surface area contributed by atoms with Crippen molar-refractivity contribution in [2.45, 2.75) is 44.9 Å². The van der Waals surface area contributed by atoms with Crippen LogP contribution in [0.25, 0.3) is 76.6 Å². The summed E-state index contributed by atoms with van der Waals surface area (Å²) in [5.41, 5.74) is 16.3. The average molecular weight is 635 g/mol. The Hall–Kier alpha value is -5.12. The normalized spacial score (nSPS) is 15.8. The molecular formula is C45H34N2S. The number of nitrogens with zero attached hydrogens (tertiary/aromatic N) is 2. The van der Waals surface area contributed by atoms with E-state index < -0.39 is 0 Å². The lowest BCUT2D eigenvalue weighted by atomic mass is 9.82. The van der Waals surface area contributed by atoms with Gasteiger partial charge in [-0.1, -0.05) is 80.6 Å². The maximum absolute atomic E-state index is 2.53. The van der Waals surface area contributed by atoms with Gasteiger partial charge in [0.2, 0.25) is 0 Å². The maximum Gasteiger partial charge on any atom is 0.0537 e. The summed E-state index contributed by atoms with van der Waals surface area (Å²) in [4.78, 5) is 0. The van der Waals surface area contributed by atoms with E-state index in [9.17, 15) is 0 Å². The molecule has 3 aliphatic rings. The van der Waals surface area contributed by atoms with E-state index in [4.69, 9.17) is 0 Å². The first kappa shape index (κ1) is 26.9. The summed E-state index contributed by atoms with van der Waals surface area (Å²) in [5.74, 6) is 0. The van der Waals surface area contributed by atoms with E-state index in [2.05, 4.69) is 144 Å². The van der Waals surface area contributed by atoms with E-state index >= 15 is 0 Å². The molecule has 3 heterocycles. The Labute approximate surface area is 283 Å². The second-order valence-corrected chi connectivity index (χ2v) is 15.4. The van der Waals surface area contributed by atoms with Gasteiger partial charge < -0.3 is 9.13 Å². The summed E-state index contributed by atoms with van der Waals surface area (Å²) in [6, 6.07) is 37.1. The molecule has 2 nitrogen and oxygen atoms in total. The maximum atomic E-state index is 2.53. The average Bonchev–Trinajstić information content (AvgIpc) is 3.83. The molecule has 0 unspecified atom stereocenters. The van der Waals surface area contributed by atoms with Crippen LogP contribution in [0.1, 0.15) is 60.3 Å². The minimum absolute atomic E-state index is 0.109. The number of benzene rings is 5. The molecule has 0 spiro atoms. The molecule has 3 aromatic heterocycles. The van der Waals surface area contributed by atoms with Crippen molar-refractivity contribution in [1.82, 2.24) is 9.13 Å². The molecule has 48 heavy (non-hydrogen) atoms. The Balaban J connectivity index is 1.15. The van der Waals surface area contributed by atoms with E-state index in [1.807, 2.05) is 11.3 Å². The zero-order chi connectivity index (χ0) is 31.7. The monoisotopic (exact) mass is 634 g/mol. The van der Waals surface area contributed by atoms with E-state index in [0.717, 1.165) is 25.7 Å². The zero-order valence-electron chi connectivity index (χ0n) is 27.2. The van der Waals surface area contributed by atoms with Crippen molar-refractivity contribution in [2.75, 3.05) is 0 Å². The van der Waals surface area contributed by atoms with Crippen molar-refractivity contribution in [3.8, 4) is 22.5 Å². The van der Waals surface area contributed by atoms with E-state index in [0.29, 0.717) is 0 Å². The van der Waals surface area contributed by atoms with Crippen LogP contribution in [0, 0.1) is 0 Å². The second-order valence-electron chi connectivity index (χ2n) is 14.3. The van der Waals surface area contributed by atoms with Gasteiger partial charge in [-0.2, -0.15) is 0 Å². The lowest BCUT2D eigenvalue weighted by Crippen LogP contribution is -2.15. The first-order valence-corrected chi connectivity index (χ1v) is 18.1. The van der Waals surface area contributed by atoms with Gasteiger partial charge in [0, 0.05) is 64.7 Å². The summed E-state index contributed by atoms with van der Waals surface area (Å²) in [6.45, 7) is 4.84. The number of thiophene rings is 1. The molecule has 0 saturated carbocycles. The fraction of sp³-hybridized carbons (Fsp3) is 0.156. The molecule has 0 atom stereocenters. The Morgan fingerprint density at radius 1 is 0.625 bits per heavy atom. The van der Waals surface area contributed by atoms with Gasteiger partial charge in [-0.3, -0.25) is 0 Å². The van der Waals surface area contributed by atoms with Gasteiger partial charge in [-0.25, -0.2) is 0 Å². The third-order valence-corrected chi connectivity index (χ3v) is 12.6. The minimum atomic E-state index is -0.109. The fourth-order valence-corrected chi connectivity index (χ4v) is 10.4. The van der Waals surface area contributed by atoms with E-state index in [-0.39, 0.29) is 5.41 Å². The molecule has 0 amide bonds. The van der Waals surface area contributed by atoms with Crippen molar-refractivity contribution in [1.29, 1.82) is 0 Å². The number of allylic oxidation sites excluding steroid dienone is 2. The predicted molar refractivity (Wildman–Crippen MR) is 205 cm³/mol. The van der Waals surface area contributed by atoms with Gasteiger partial charge in [0.1, 0.15) is 0 Å². The van der Waals surface area contributed by atoms with Crippen LogP contribution in [0.5, 0.6) is 0 Å². The molecule has 0 N–H and O–H groups in total. The third-order valence-electron chi connectivity index (χ3n) is 11.5. The van der Waals surface area contributed by atoms with Crippen molar-refractivity contribution in [2.24, 2.45) is 0 Å². The molecule has 0 fully saturated rings. The first-order valence-electron chi connectivity index (χ1n) is 17.3. The van der Waals surface area contributed by atoms with Gasteiger partial charge in [0.05, 0.1) is 11.0 Å². The highest BCUT2D eigenvalue weighted by Gasteiger charge is 2.38. The van der Waals surface area contributed by atoms with Gasteiger partial charge >= 0.3 is 0 Å². The number of rotatable bonds is 2. The lowest BCUT2D eigenvalue weighted by molar-refractivity contribution is 0.660. The van der Waals surface area contributed by atoms with Crippen LogP contribution in [0.3, 0.4) is 0 Å². The topological polar surface area (TPSA) is 9.86 Å². The number of fused-ring (bicyclic) bond motifs is 13. The summed E-state index contributed by atoms with van der Waals surface area (Å²) >= 11 is 1.93. The summed E-state index contributed by atoms with van der Waals surface area (Å²) in [5, 5.41) is 5.50. The van der Waals surface area contributed by atoms with Crippen molar-refractivity contribution < 1.29 is 0 Å². The smallest absolute Gasteiger partial charge is 0.0537 e. The van der Waals surface area contributed by atoms with Crippen LogP contribution in [0.2, 0.25) is 0 Å². The number of hydrogen-bond acceptors (Lipinski definition) is 1. The molecule has 0 radical (unpaired) electrons. The van der Waals surface area contributed by atoms with E-state index in [1.54, 1.807) is 0 Å². The third kappa shape index (κ3) is 3.42. The summed E-state index contributed by atoms with van der Waals surface area (Å²) < 4.78 is 7.75. The van der Waals surface area contributed by atoms with Crippen LogP contribution in [-0.2, 0) is 18.3 Å². The number of para-hydroxylation sites is 2. The molecule has 8 aromatic rings. The van der Waals surface area contributed by atoms with Crippen LogP contribution in [0.4, 0.5) is 0 Å². The van der Waals surface area contributed by atoms with Gasteiger partial charge in [0.25, 0.3) is 0 Å². The number of aromatic nitrogens is 2. The molecule has 3 aliphatic carbocycles. The Kier molecular flexibility index (Phi) is 5.32. The summed E-state index contributed by atoms with van der Waals surface area (Å²) in [7, 11) is 0. The van der Waals surface area contributed by atoms with Gasteiger partial charge in [-0.05, 0) is 108 Å². The quantitative estimate of drug-likeness (QED) is 0.179. The SMILES string of the molecule is CC1(C)c2cc(-n3c4c(c5ccccc53)CCC=C4)ccc2-c2c1ccc1sc3ccc(-n4c5c(c6ccccc64)C=CCC5)cc3c21. The standard InChI is InChI=1S/C45H34N2S/c1-45(2)35-22-24-42-44(34-25-27(20-23-41(34)48-42)46-37-15-7-3-11-29(37)30-12-4-8-16-38(30)46)43(35)33-21-19-28(26-36(33)45)47-39-17-9-5-13-31(39)32-14-6-10-18-40(32)47/h3-5,7,9-13,15,17-26H,6,8,14,16H2,1-2H3. The van der Waals surface area contributed by atoms with Gasteiger partial charge in [-0.15, -0.1) is 11.3 Å². The largest absolute Gasteiger partial charge is 0.313 e. The van der Waals surface area contributed by atoms with Crippen LogP contribution in [0.15, 0.2) is 109 Å². The Bertz CT molecular complexity index is 2760. The fourth-order valence-electron chi connectivity index (χ4n) is 9.28. The molecular weight excluding hydrogens is 601 g/mol. The van der Waals surface area contributed by atoms with Gasteiger partial charge in [0.15, 0.2) is 0 Å². The van der Waals surface area contributed by atoms with Crippen LogP contribution in [-0.4, -0.2) is 9.13 Å². The van der Waals surface area contributed by atoms with Crippen LogP contribution >= 0.6 is 11.3 Å². The zero-order valence-corrected chi connectivity index (χ0v) is 28.0. The van der Waals surface area contributed by atoms with Crippen LogP contribution < -0.4 is 0 Å². The molecule has 3 heteroatoms. The highest BCUT2D eigenvalue weighted by atomic mass is 32.1. The number of hydrogen-bond donors (Lipinski definition) is 0. The molecule has 11 rings (SSSR count). The van der Waals surface area contributed by atoms with Crippen molar-refractivity contribution >= 4 is 65.5 Å². The Morgan fingerprint density at radius 2 is 1.35 bits per heavy atom. The molecule has 5 aromatic carbocycles. The second kappa shape index (κ2) is 9.49. The predicted octanol–water partition coefficient (Wildman–Crippen LogP) is 12.2. The van der Waals surface area contributed by atoms with E-state index in [1.165, 1.54) is 98.1 Å². The lowest BCUT2D eigenvalue weighted by Gasteiger charge is -2.22. The first-order chi connectivity index (χ1) is 23.6. The van der Waals surface area contributed by atoms with Crippen molar-refractivity contribution in [3.63, 3.8) is 0 Å². The van der Waals surface area contributed by atoms with Crippen molar-refractivity contribution in [3.05, 3.63) is 143 Å². The molecule has 230 valence electrons. The number of aryl methyl sites for hydroxylation is 1.